The van der Waals surface area contributed by atoms with E-state index in [1.54, 1.807) is 4.80 Å². The molecule has 16 heavy (non-hydrogen) atoms. The van der Waals surface area contributed by atoms with Crippen LogP contribution in [0.25, 0.3) is 21.9 Å². The maximum absolute atomic E-state index is 4.52. The maximum Gasteiger partial charge on any atom is 0.122 e. The zero-order valence-corrected chi connectivity index (χ0v) is 9.52. The average Bonchev–Trinajstić information content (AvgIpc) is 2.56. The van der Waals surface area contributed by atoms with Crippen molar-refractivity contribution in [1.29, 1.82) is 0 Å². The van der Waals surface area contributed by atoms with Crippen molar-refractivity contribution >= 4 is 21.9 Å². The molecule has 2 aromatic heterocycles. The summed E-state index contributed by atoms with van der Waals surface area (Å²) in [7, 11) is 1.84. The van der Waals surface area contributed by atoms with Crippen molar-refractivity contribution in [1.82, 2.24) is 20.0 Å². The summed E-state index contributed by atoms with van der Waals surface area (Å²) < 4.78 is 0. The van der Waals surface area contributed by atoms with E-state index in [2.05, 4.69) is 28.2 Å². The minimum Gasteiger partial charge on any atom is -0.253 e. The molecule has 0 atom stereocenters. The molecule has 1 aromatic carbocycles. The standard InChI is InChI=1S/C12H12N4/c1-7-6-8(2)13-9-4-5-10-12(11(7)9)15-16(3)14-10/h4-6H,1-3H3. The Morgan fingerprint density at radius 2 is 1.81 bits per heavy atom. The van der Waals surface area contributed by atoms with Crippen LogP contribution in [0.3, 0.4) is 0 Å². The molecule has 3 aromatic rings. The van der Waals surface area contributed by atoms with Gasteiger partial charge in [-0.3, -0.25) is 4.98 Å². The lowest BCUT2D eigenvalue weighted by molar-refractivity contribution is 0.665. The summed E-state index contributed by atoms with van der Waals surface area (Å²) in [5, 5.41) is 9.81. The Labute approximate surface area is 92.9 Å². The Kier molecular flexibility index (Phi) is 1.74. The fraction of sp³-hybridized carbons (Fsp3) is 0.250. The van der Waals surface area contributed by atoms with Gasteiger partial charge in [-0.05, 0) is 37.6 Å². The molecule has 0 saturated heterocycles. The quantitative estimate of drug-likeness (QED) is 0.573. The lowest BCUT2D eigenvalue weighted by atomic mass is 10.1. The molecule has 4 heteroatoms. The van der Waals surface area contributed by atoms with Gasteiger partial charge in [0.1, 0.15) is 11.0 Å². The number of hydrogen-bond acceptors (Lipinski definition) is 3. The van der Waals surface area contributed by atoms with Crippen molar-refractivity contribution in [3.8, 4) is 0 Å². The zero-order valence-electron chi connectivity index (χ0n) is 9.52. The molecule has 0 aliphatic heterocycles. The molecule has 0 fully saturated rings. The summed E-state index contributed by atoms with van der Waals surface area (Å²) in [6, 6.07) is 6.05. The first-order chi connectivity index (χ1) is 7.65. The van der Waals surface area contributed by atoms with Gasteiger partial charge in [-0.2, -0.15) is 15.0 Å². The highest BCUT2D eigenvalue weighted by molar-refractivity contribution is 6.03. The Hall–Kier alpha value is -1.97. The highest BCUT2D eigenvalue weighted by atomic mass is 15.4. The van der Waals surface area contributed by atoms with Gasteiger partial charge in [0.25, 0.3) is 0 Å². The Bertz CT molecular complexity index is 697. The fourth-order valence-electron chi connectivity index (χ4n) is 2.16. The van der Waals surface area contributed by atoms with Crippen LogP contribution in [0.1, 0.15) is 11.3 Å². The van der Waals surface area contributed by atoms with E-state index in [9.17, 15) is 0 Å². The molecule has 0 aliphatic rings. The van der Waals surface area contributed by atoms with Crippen LogP contribution >= 0.6 is 0 Å². The fourth-order valence-corrected chi connectivity index (χ4v) is 2.16. The predicted octanol–water partition coefficient (Wildman–Crippen LogP) is 2.13. The van der Waals surface area contributed by atoms with E-state index in [-0.39, 0.29) is 0 Å². The molecule has 2 heterocycles. The van der Waals surface area contributed by atoms with Crippen LogP contribution in [0.2, 0.25) is 0 Å². The van der Waals surface area contributed by atoms with Crippen molar-refractivity contribution in [3.05, 3.63) is 29.5 Å². The number of aromatic nitrogens is 4. The number of aryl methyl sites for hydroxylation is 3. The van der Waals surface area contributed by atoms with Crippen LogP contribution in [0.5, 0.6) is 0 Å². The summed E-state index contributed by atoms with van der Waals surface area (Å²) in [6.45, 7) is 4.10. The van der Waals surface area contributed by atoms with Crippen LogP contribution in [-0.2, 0) is 7.05 Å². The van der Waals surface area contributed by atoms with E-state index in [0.29, 0.717) is 0 Å². The number of hydrogen-bond donors (Lipinski definition) is 0. The zero-order chi connectivity index (χ0) is 11.3. The van der Waals surface area contributed by atoms with Crippen LogP contribution in [0.15, 0.2) is 18.2 Å². The van der Waals surface area contributed by atoms with Gasteiger partial charge in [0.2, 0.25) is 0 Å². The molecule has 0 aliphatic carbocycles. The van der Waals surface area contributed by atoms with Gasteiger partial charge in [0.15, 0.2) is 0 Å². The molecule has 0 N–H and O–H groups in total. The first-order valence-electron chi connectivity index (χ1n) is 5.23. The highest BCUT2D eigenvalue weighted by Crippen LogP contribution is 2.24. The van der Waals surface area contributed by atoms with Crippen molar-refractivity contribution in [2.24, 2.45) is 7.05 Å². The van der Waals surface area contributed by atoms with E-state index in [1.807, 2.05) is 26.1 Å². The largest absolute Gasteiger partial charge is 0.253 e. The van der Waals surface area contributed by atoms with E-state index < -0.39 is 0 Å². The Balaban J connectivity index is 2.59. The van der Waals surface area contributed by atoms with Gasteiger partial charge in [0.05, 0.1) is 5.52 Å². The smallest absolute Gasteiger partial charge is 0.122 e. The first kappa shape index (κ1) is 9.27. The lowest BCUT2D eigenvalue weighted by Crippen LogP contribution is -1.91. The van der Waals surface area contributed by atoms with E-state index in [4.69, 9.17) is 0 Å². The number of nitrogens with zero attached hydrogens (tertiary/aromatic N) is 4. The monoisotopic (exact) mass is 212 g/mol. The SMILES string of the molecule is Cc1cc(C)c2c(ccc3nn(C)nc32)n1. The summed E-state index contributed by atoms with van der Waals surface area (Å²) >= 11 is 0. The van der Waals surface area contributed by atoms with Gasteiger partial charge in [0, 0.05) is 18.1 Å². The van der Waals surface area contributed by atoms with E-state index in [1.165, 1.54) is 5.56 Å². The average molecular weight is 212 g/mol. The Morgan fingerprint density at radius 1 is 1.06 bits per heavy atom. The molecular weight excluding hydrogens is 200 g/mol. The molecule has 80 valence electrons. The third-order valence-corrected chi connectivity index (χ3v) is 2.75. The second-order valence-corrected chi connectivity index (χ2v) is 4.10. The van der Waals surface area contributed by atoms with Gasteiger partial charge in [-0.15, -0.1) is 0 Å². The predicted molar refractivity (Wildman–Crippen MR) is 63.3 cm³/mol. The van der Waals surface area contributed by atoms with Crippen LogP contribution < -0.4 is 0 Å². The molecule has 0 bridgehead atoms. The van der Waals surface area contributed by atoms with E-state index >= 15 is 0 Å². The normalized spacial score (nSPS) is 11.4. The molecule has 0 amide bonds. The van der Waals surface area contributed by atoms with Gasteiger partial charge >= 0.3 is 0 Å². The summed E-state index contributed by atoms with van der Waals surface area (Å²) in [6.07, 6.45) is 0. The summed E-state index contributed by atoms with van der Waals surface area (Å²) in [5.74, 6) is 0. The van der Waals surface area contributed by atoms with Crippen molar-refractivity contribution in [2.45, 2.75) is 13.8 Å². The second kappa shape index (κ2) is 3.01. The highest BCUT2D eigenvalue weighted by Gasteiger charge is 2.09. The van der Waals surface area contributed by atoms with Gasteiger partial charge < -0.3 is 0 Å². The van der Waals surface area contributed by atoms with Crippen LogP contribution in [-0.4, -0.2) is 20.0 Å². The minimum absolute atomic E-state index is 0.920. The van der Waals surface area contributed by atoms with Crippen LogP contribution in [0.4, 0.5) is 0 Å². The molecule has 0 saturated carbocycles. The third kappa shape index (κ3) is 1.19. The third-order valence-electron chi connectivity index (χ3n) is 2.75. The summed E-state index contributed by atoms with van der Waals surface area (Å²) in [4.78, 5) is 6.12. The van der Waals surface area contributed by atoms with Gasteiger partial charge in [-0.25, -0.2) is 0 Å². The molecule has 0 radical (unpaired) electrons. The topological polar surface area (TPSA) is 43.6 Å². The van der Waals surface area contributed by atoms with Crippen molar-refractivity contribution in [3.63, 3.8) is 0 Å². The molecular formula is C12H12N4. The van der Waals surface area contributed by atoms with Crippen LogP contribution in [0, 0.1) is 13.8 Å². The van der Waals surface area contributed by atoms with E-state index in [0.717, 1.165) is 27.6 Å². The molecule has 3 rings (SSSR count). The van der Waals surface area contributed by atoms with Crippen molar-refractivity contribution in [2.75, 3.05) is 0 Å². The molecule has 4 nitrogen and oxygen atoms in total. The molecule has 0 unspecified atom stereocenters. The van der Waals surface area contributed by atoms with Crippen molar-refractivity contribution < 1.29 is 0 Å². The number of rotatable bonds is 0. The molecule has 0 spiro atoms. The lowest BCUT2D eigenvalue weighted by Gasteiger charge is -2.03. The first-order valence-corrected chi connectivity index (χ1v) is 5.23. The maximum atomic E-state index is 4.52. The summed E-state index contributed by atoms with van der Waals surface area (Å²) in [5.41, 5.74) is 5.08. The number of fused-ring (bicyclic) bond motifs is 3. The number of pyridine rings is 1. The number of benzene rings is 1. The minimum atomic E-state index is 0.920. The Morgan fingerprint density at radius 3 is 2.62 bits per heavy atom. The van der Waals surface area contributed by atoms with Gasteiger partial charge in [-0.1, -0.05) is 0 Å². The second-order valence-electron chi connectivity index (χ2n) is 4.10.